The Bertz CT molecular complexity index is 521. The summed E-state index contributed by atoms with van der Waals surface area (Å²) in [4.78, 5) is 13.8. The zero-order valence-electron chi connectivity index (χ0n) is 12.8. The number of benzene rings is 1. The van der Waals surface area contributed by atoms with Crippen LogP contribution in [0.15, 0.2) is 22.7 Å². The Morgan fingerprint density at radius 3 is 2.20 bits per heavy atom. The molecule has 1 heterocycles. The van der Waals surface area contributed by atoms with E-state index in [0.717, 1.165) is 28.8 Å². The molecule has 0 radical (unpaired) electrons. The largest absolute Gasteiger partial charge is 0.366 e. The highest BCUT2D eigenvalue weighted by Crippen LogP contribution is 2.33. The second-order valence-corrected chi connectivity index (χ2v) is 7.55. The van der Waals surface area contributed by atoms with Crippen molar-refractivity contribution >= 4 is 27.4 Å². The predicted molar refractivity (Wildman–Crippen MR) is 85.6 cm³/mol. The van der Waals surface area contributed by atoms with Gasteiger partial charge in [0.1, 0.15) is 0 Å². The maximum atomic E-state index is 11.5. The smallest absolute Gasteiger partial charge is 0.160 e. The number of ketones is 1. The average Bonchev–Trinajstić information content (AvgIpc) is 2.23. The number of Topliss-reactive ketones (excluding diaryl/α,β-unsaturated/α-hetero) is 1. The van der Waals surface area contributed by atoms with Crippen LogP contribution in [-0.4, -0.2) is 30.1 Å². The van der Waals surface area contributed by atoms with Crippen LogP contribution in [0.4, 0.5) is 5.69 Å². The highest BCUT2D eigenvalue weighted by molar-refractivity contribution is 9.10. The van der Waals surface area contributed by atoms with E-state index in [1.54, 1.807) is 6.92 Å². The van der Waals surface area contributed by atoms with E-state index < -0.39 is 0 Å². The number of carbonyl (C=O) groups is 1. The van der Waals surface area contributed by atoms with Crippen molar-refractivity contribution < 1.29 is 9.53 Å². The van der Waals surface area contributed by atoms with E-state index in [9.17, 15) is 4.79 Å². The molecule has 0 spiro atoms. The summed E-state index contributed by atoms with van der Waals surface area (Å²) in [5, 5.41) is 0. The van der Waals surface area contributed by atoms with Crippen LogP contribution in [-0.2, 0) is 4.74 Å². The molecule has 1 fully saturated rings. The molecule has 3 nitrogen and oxygen atoms in total. The van der Waals surface area contributed by atoms with Crippen LogP contribution in [0.1, 0.15) is 45.0 Å². The van der Waals surface area contributed by atoms with Crippen LogP contribution < -0.4 is 4.90 Å². The first-order valence-electron chi connectivity index (χ1n) is 6.85. The van der Waals surface area contributed by atoms with Crippen molar-refractivity contribution in [3.05, 3.63) is 28.2 Å². The number of hydrogen-bond acceptors (Lipinski definition) is 3. The average molecular weight is 340 g/mol. The number of anilines is 1. The Morgan fingerprint density at radius 2 is 1.75 bits per heavy atom. The molecule has 2 rings (SSSR count). The summed E-state index contributed by atoms with van der Waals surface area (Å²) in [7, 11) is 0. The molecule has 0 amide bonds. The molecule has 0 aromatic heterocycles. The molecule has 1 aliphatic rings. The Kier molecular flexibility index (Phi) is 4.00. The molecule has 0 atom stereocenters. The fraction of sp³-hybridized carbons (Fsp3) is 0.562. The van der Waals surface area contributed by atoms with Crippen molar-refractivity contribution in [2.45, 2.75) is 45.8 Å². The number of hydrogen-bond donors (Lipinski definition) is 0. The Balaban J connectivity index is 2.32. The SMILES string of the molecule is CC(=O)c1ccc(N2CC(C)(C)OC(C)(C)C2)cc1Br. The quantitative estimate of drug-likeness (QED) is 0.761. The third-order valence-corrected chi connectivity index (χ3v) is 4.05. The van der Waals surface area contributed by atoms with Gasteiger partial charge in [-0.15, -0.1) is 0 Å². The van der Waals surface area contributed by atoms with Gasteiger partial charge in [-0.1, -0.05) is 0 Å². The van der Waals surface area contributed by atoms with Gasteiger partial charge in [-0.2, -0.15) is 0 Å². The predicted octanol–water partition coefficient (Wildman–Crippen LogP) is 4.05. The summed E-state index contributed by atoms with van der Waals surface area (Å²) < 4.78 is 6.95. The van der Waals surface area contributed by atoms with Gasteiger partial charge in [-0.05, 0) is 68.7 Å². The van der Waals surface area contributed by atoms with Crippen LogP contribution in [0.2, 0.25) is 0 Å². The number of ether oxygens (including phenoxy) is 1. The minimum atomic E-state index is -0.187. The number of morpholine rings is 1. The van der Waals surface area contributed by atoms with Crippen molar-refractivity contribution in [1.29, 1.82) is 0 Å². The molecule has 1 saturated heterocycles. The summed E-state index contributed by atoms with van der Waals surface area (Å²) in [5.41, 5.74) is 1.47. The van der Waals surface area contributed by atoms with Gasteiger partial charge in [0, 0.05) is 28.8 Å². The second kappa shape index (κ2) is 5.15. The topological polar surface area (TPSA) is 29.5 Å². The molecule has 0 N–H and O–H groups in total. The number of halogens is 1. The molecular weight excluding hydrogens is 318 g/mol. The van der Waals surface area contributed by atoms with Gasteiger partial charge in [0.15, 0.2) is 5.78 Å². The molecular formula is C16H22BrNO2. The molecule has 0 aliphatic carbocycles. The fourth-order valence-corrected chi connectivity index (χ4v) is 3.60. The maximum Gasteiger partial charge on any atom is 0.160 e. The summed E-state index contributed by atoms with van der Waals surface area (Å²) in [6.45, 7) is 11.7. The highest BCUT2D eigenvalue weighted by atomic mass is 79.9. The normalized spacial score (nSPS) is 20.8. The molecule has 0 bridgehead atoms. The van der Waals surface area contributed by atoms with E-state index in [1.807, 2.05) is 18.2 Å². The molecule has 4 heteroatoms. The molecule has 0 saturated carbocycles. The Morgan fingerprint density at radius 1 is 1.20 bits per heavy atom. The van der Waals surface area contributed by atoms with Gasteiger partial charge >= 0.3 is 0 Å². The Labute approximate surface area is 129 Å². The lowest BCUT2D eigenvalue weighted by Crippen LogP contribution is -2.57. The lowest BCUT2D eigenvalue weighted by Gasteiger charge is -2.48. The fourth-order valence-electron chi connectivity index (χ4n) is 2.96. The zero-order chi connectivity index (χ0) is 15.1. The lowest BCUT2D eigenvalue weighted by molar-refractivity contribution is -0.133. The van der Waals surface area contributed by atoms with Crippen molar-refractivity contribution in [2.75, 3.05) is 18.0 Å². The van der Waals surface area contributed by atoms with Crippen LogP contribution in [0, 0.1) is 0 Å². The van der Waals surface area contributed by atoms with E-state index in [2.05, 4.69) is 48.5 Å². The summed E-state index contributed by atoms with van der Waals surface area (Å²) in [5.74, 6) is 0.0751. The van der Waals surface area contributed by atoms with Crippen LogP contribution in [0.5, 0.6) is 0 Å². The third-order valence-electron chi connectivity index (χ3n) is 3.39. The minimum Gasteiger partial charge on any atom is -0.366 e. The van der Waals surface area contributed by atoms with Gasteiger partial charge < -0.3 is 9.64 Å². The van der Waals surface area contributed by atoms with E-state index in [4.69, 9.17) is 4.74 Å². The zero-order valence-corrected chi connectivity index (χ0v) is 14.4. The van der Waals surface area contributed by atoms with E-state index >= 15 is 0 Å². The van der Waals surface area contributed by atoms with Crippen LogP contribution in [0.25, 0.3) is 0 Å². The number of nitrogens with zero attached hydrogens (tertiary/aromatic N) is 1. The summed E-state index contributed by atoms with van der Waals surface area (Å²) >= 11 is 3.49. The second-order valence-electron chi connectivity index (χ2n) is 6.70. The standard InChI is InChI=1S/C16H22BrNO2/c1-11(19)13-7-6-12(8-14(13)17)18-9-15(2,3)20-16(4,5)10-18/h6-8H,9-10H2,1-5H3. The monoisotopic (exact) mass is 339 g/mol. The highest BCUT2D eigenvalue weighted by Gasteiger charge is 2.38. The molecule has 1 aromatic carbocycles. The van der Waals surface area contributed by atoms with Crippen molar-refractivity contribution in [1.82, 2.24) is 0 Å². The molecule has 0 unspecified atom stereocenters. The Hall–Kier alpha value is -0.870. The number of carbonyl (C=O) groups excluding carboxylic acids is 1. The molecule has 1 aliphatic heterocycles. The van der Waals surface area contributed by atoms with Crippen molar-refractivity contribution in [3.63, 3.8) is 0 Å². The van der Waals surface area contributed by atoms with Crippen molar-refractivity contribution in [3.8, 4) is 0 Å². The third kappa shape index (κ3) is 3.41. The van der Waals surface area contributed by atoms with Crippen molar-refractivity contribution in [2.24, 2.45) is 0 Å². The van der Waals surface area contributed by atoms with Crippen LogP contribution >= 0.6 is 15.9 Å². The first-order valence-corrected chi connectivity index (χ1v) is 7.65. The summed E-state index contributed by atoms with van der Waals surface area (Å²) in [6.07, 6.45) is 0. The van der Waals surface area contributed by atoms with Gasteiger partial charge in [0.05, 0.1) is 11.2 Å². The van der Waals surface area contributed by atoms with Gasteiger partial charge in [-0.25, -0.2) is 0 Å². The van der Waals surface area contributed by atoms with Gasteiger partial charge in [0.2, 0.25) is 0 Å². The molecule has 20 heavy (non-hydrogen) atoms. The summed E-state index contributed by atoms with van der Waals surface area (Å²) in [6, 6.07) is 5.92. The number of rotatable bonds is 2. The minimum absolute atomic E-state index is 0.0751. The molecule has 110 valence electrons. The van der Waals surface area contributed by atoms with E-state index in [0.29, 0.717) is 0 Å². The van der Waals surface area contributed by atoms with E-state index in [-0.39, 0.29) is 17.0 Å². The lowest BCUT2D eigenvalue weighted by atomic mass is 9.98. The molecule has 1 aromatic rings. The van der Waals surface area contributed by atoms with Crippen LogP contribution in [0.3, 0.4) is 0 Å². The first-order chi connectivity index (χ1) is 9.10. The van der Waals surface area contributed by atoms with Gasteiger partial charge in [-0.3, -0.25) is 4.79 Å². The van der Waals surface area contributed by atoms with E-state index in [1.165, 1.54) is 0 Å². The first kappa shape index (κ1) is 15.5. The van der Waals surface area contributed by atoms with Gasteiger partial charge in [0.25, 0.3) is 0 Å². The maximum absolute atomic E-state index is 11.5.